The fourth-order valence-electron chi connectivity index (χ4n) is 5.84. The molecule has 33 heavy (non-hydrogen) atoms. The molecule has 0 radical (unpaired) electrons. The number of unbranched alkanes of at least 4 members (excludes halogenated alkanes) is 17. The van der Waals surface area contributed by atoms with Crippen molar-refractivity contribution in [1.29, 1.82) is 0 Å². The first-order valence-corrected chi connectivity index (χ1v) is 15.8. The maximum Gasteiger partial charge on any atom is 0.00891 e. The molecule has 0 bridgehead atoms. The summed E-state index contributed by atoms with van der Waals surface area (Å²) in [6.07, 6.45) is 38.2. The second-order valence-corrected chi connectivity index (χ2v) is 12.1. The molecule has 0 aromatic rings. The number of hydrogen-bond acceptors (Lipinski definition) is 1. The molecule has 198 valence electrons. The molecule has 1 unspecified atom stereocenters. The van der Waals surface area contributed by atoms with Crippen LogP contribution in [0.5, 0.6) is 0 Å². The normalized spacial score (nSPS) is 15.9. The van der Waals surface area contributed by atoms with E-state index in [4.69, 9.17) is 0 Å². The van der Waals surface area contributed by atoms with Gasteiger partial charge in [-0.3, -0.25) is 0 Å². The quantitative estimate of drug-likeness (QED) is 0.115. The SMILES string of the molecule is CCCCCCCCCC(CCCCCCCCCC1(CCCCCCCC)CC1)N(C)C. The van der Waals surface area contributed by atoms with Crippen LogP contribution in [0.15, 0.2) is 0 Å². The van der Waals surface area contributed by atoms with Gasteiger partial charge in [0.05, 0.1) is 0 Å². The summed E-state index contributed by atoms with van der Waals surface area (Å²) in [6, 6.07) is 0.821. The molecule has 1 heteroatoms. The predicted octanol–water partition coefficient (Wildman–Crippen LogP) is 11.1. The Bertz CT molecular complexity index is 397. The number of hydrogen-bond donors (Lipinski definition) is 0. The van der Waals surface area contributed by atoms with Crippen molar-refractivity contribution in [3.8, 4) is 0 Å². The topological polar surface area (TPSA) is 3.24 Å². The third kappa shape index (κ3) is 18.0. The van der Waals surface area contributed by atoms with E-state index in [1.807, 2.05) is 0 Å². The zero-order valence-electron chi connectivity index (χ0n) is 23.9. The van der Waals surface area contributed by atoms with Gasteiger partial charge in [-0.05, 0) is 58.0 Å². The highest BCUT2D eigenvalue weighted by molar-refractivity contribution is 4.92. The van der Waals surface area contributed by atoms with Gasteiger partial charge < -0.3 is 4.90 Å². The van der Waals surface area contributed by atoms with Gasteiger partial charge in [0.2, 0.25) is 0 Å². The van der Waals surface area contributed by atoms with E-state index < -0.39 is 0 Å². The van der Waals surface area contributed by atoms with Gasteiger partial charge in [0.1, 0.15) is 0 Å². The zero-order chi connectivity index (χ0) is 24.0. The van der Waals surface area contributed by atoms with E-state index in [1.165, 1.54) is 141 Å². The molecule has 1 rings (SSSR count). The lowest BCUT2D eigenvalue weighted by Crippen LogP contribution is -2.27. The summed E-state index contributed by atoms with van der Waals surface area (Å²) >= 11 is 0. The summed E-state index contributed by atoms with van der Waals surface area (Å²) in [6.45, 7) is 4.63. The molecule has 1 fully saturated rings. The highest BCUT2D eigenvalue weighted by Crippen LogP contribution is 2.53. The standard InChI is InChI=1S/C32H65N/c1-5-7-9-11-14-17-21-25-31(33(3)4)26-22-18-15-13-16-20-24-28-32(29-30-32)27-23-19-12-10-8-6-2/h31H,5-30H2,1-4H3. The third-order valence-corrected chi connectivity index (χ3v) is 8.63. The van der Waals surface area contributed by atoms with Crippen LogP contribution in [0.1, 0.15) is 181 Å². The van der Waals surface area contributed by atoms with Crippen molar-refractivity contribution >= 4 is 0 Å². The lowest BCUT2D eigenvalue weighted by Gasteiger charge is -2.24. The molecule has 0 aromatic carbocycles. The summed E-state index contributed by atoms with van der Waals surface area (Å²) in [5.41, 5.74) is 0.821. The van der Waals surface area contributed by atoms with E-state index in [0.29, 0.717) is 0 Å². The first kappa shape index (κ1) is 31.0. The maximum atomic E-state index is 2.50. The van der Waals surface area contributed by atoms with Gasteiger partial charge >= 0.3 is 0 Å². The Kier molecular flexibility index (Phi) is 20.0. The van der Waals surface area contributed by atoms with Crippen LogP contribution in [0.3, 0.4) is 0 Å². The molecule has 0 N–H and O–H groups in total. The summed E-state index contributed by atoms with van der Waals surface area (Å²) < 4.78 is 0. The van der Waals surface area contributed by atoms with Gasteiger partial charge in [0.15, 0.2) is 0 Å². The van der Waals surface area contributed by atoms with E-state index in [9.17, 15) is 0 Å². The molecule has 0 spiro atoms. The van der Waals surface area contributed by atoms with E-state index in [0.717, 1.165) is 11.5 Å². The van der Waals surface area contributed by atoms with Crippen molar-refractivity contribution < 1.29 is 0 Å². The Labute approximate surface area is 211 Å². The fraction of sp³-hybridized carbons (Fsp3) is 1.00. The Morgan fingerprint density at radius 2 is 0.818 bits per heavy atom. The van der Waals surface area contributed by atoms with Gasteiger partial charge in [-0.25, -0.2) is 0 Å². The molecule has 1 atom stereocenters. The monoisotopic (exact) mass is 464 g/mol. The summed E-state index contributed by atoms with van der Waals surface area (Å²) in [5.74, 6) is 0. The second-order valence-electron chi connectivity index (χ2n) is 12.1. The fourth-order valence-corrected chi connectivity index (χ4v) is 5.84. The number of rotatable bonds is 26. The largest absolute Gasteiger partial charge is 0.306 e. The molecule has 1 nitrogen and oxygen atoms in total. The molecular formula is C32H65N. The minimum atomic E-state index is 0.821. The molecular weight excluding hydrogens is 398 g/mol. The van der Waals surface area contributed by atoms with Gasteiger partial charge in [-0.15, -0.1) is 0 Å². The van der Waals surface area contributed by atoms with Crippen LogP contribution < -0.4 is 0 Å². The summed E-state index contributed by atoms with van der Waals surface area (Å²) in [5, 5.41) is 0. The van der Waals surface area contributed by atoms with E-state index in [2.05, 4.69) is 32.8 Å². The smallest absolute Gasteiger partial charge is 0.00891 e. The molecule has 1 saturated carbocycles. The van der Waals surface area contributed by atoms with Crippen LogP contribution in [0.4, 0.5) is 0 Å². The maximum absolute atomic E-state index is 2.50. The Morgan fingerprint density at radius 1 is 0.485 bits per heavy atom. The zero-order valence-corrected chi connectivity index (χ0v) is 23.9. The van der Waals surface area contributed by atoms with E-state index >= 15 is 0 Å². The van der Waals surface area contributed by atoms with Crippen molar-refractivity contribution in [3.63, 3.8) is 0 Å². The van der Waals surface area contributed by atoms with Crippen molar-refractivity contribution in [2.45, 2.75) is 187 Å². The predicted molar refractivity (Wildman–Crippen MR) is 151 cm³/mol. The van der Waals surface area contributed by atoms with Crippen LogP contribution in [-0.4, -0.2) is 25.0 Å². The van der Waals surface area contributed by atoms with Crippen LogP contribution >= 0.6 is 0 Å². The highest BCUT2D eigenvalue weighted by Gasteiger charge is 2.40. The molecule has 0 aromatic heterocycles. The Hall–Kier alpha value is -0.0400. The summed E-state index contributed by atoms with van der Waals surface area (Å²) in [7, 11) is 4.59. The first-order chi connectivity index (χ1) is 16.1. The Balaban J connectivity index is 1.90. The first-order valence-electron chi connectivity index (χ1n) is 15.8. The van der Waals surface area contributed by atoms with Crippen molar-refractivity contribution in [1.82, 2.24) is 4.90 Å². The number of nitrogens with zero attached hydrogens (tertiary/aromatic N) is 1. The second kappa shape index (κ2) is 21.3. The third-order valence-electron chi connectivity index (χ3n) is 8.63. The molecule has 0 heterocycles. The van der Waals surface area contributed by atoms with Crippen molar-refractivity contribution in [3.05, 3.63) is 0 Å². The van der Waals surface area contributed by atoms with Crippen molar-refractivity contribution in [2.75, 3.05) is 14.1 Å². The van der Waals surface area contributed by atoms with Gasteiger partial charge in [-0.1, -0.05) is 142 Å². The van der Waals surface area contributed by atoms with Crippen LogP contribution in [0.25, 0.3) is 0 Å². The molecule has 0 saturated heterocycles. The molecule has 0 amide bonds. The van der Waals surface area contributed by atoms with Crippen LogP contribution in [0.2, 0.25) is 0 Å². The van der Waals surface area contributed by atoms with Gasteiger partial charge in [0.25, 0.3) is 0 Å². The molecule has 1 aliphatic rings. The van der Waals surface area contributed by atoms with E-state index in [-0.39, 0.29) is 0 Å². The minimum absolute atomic E-state index is 0.821. The lowest BCUT2D eigenvalue weighted by molar-refractivity contribution is 0.251. The van der Waals surface area contributed by atoms with Crippen LogP contribution in [-0.2, 0) is 0 Å². The minimum Gasteiger partial charge on any atom is -0.306 e. The lowest BCUT2D eigenvalue weighted by atomic mass is 9.91. The average Bonchev–Trinajstić information content (AvgIpc) is 3.57. The van der Waals surface area contributed by atoms with Crippen molar-refractivity contribution in [2.24, 2.45) is 5.41 Å². The van der Waals surface area contributed by atoms with Crippen LogP contribution in [0, 0.1) is 5.41 Å². The summed E-state index contributed by atoms with van der Waals surface area (Å²) in [4.78, 5) is 2.50. The molecule has 0 aliphatic heterocycles. The van der Waals surface area contributed by atoms with E-state index in [1.54, 1.807) is 25.7 Å². The molecule has 1 aliphatic carbocycles. The highest BCUT2D eigenvalue weighted by atomic mass is 15.1. The van der Waals surface area contributed by atoms with Gasteiger partial charge in [-0.2, -0.15) is 0 Å². The Morgan fingerprint density at radius 3 is 1.15 bits per heavy atom. The van der Waals surface area contributed by atoms with Gasteiger partial charge in [0, 0.05) is 6.04 Å². The average molecular weight is 464 g/mol.